The van der Waals surface area contributed by atoms with E-state index in [4.69, 9.17) is 4.42 Å². The van der Waals surface area contributed by atoms with Gasteiger partial charge in [0.2, 0.25) is 5.84 Å². The normalized spacial score (nSPS) is 15.2. The lowest BCUT2D eigenvalue weighted by Crippen LogP contribution is -2.55. The maximum Gasteiger partial charge on any atom is 0.288 e. The van der Waals surface area contributed by atoms with Gasteiger partial charge in [-0.25, -0.2) is 5.01 Å². The Morgan fingerprint density at radius 3 is 2.70 bits per heavy atom. The van der Waals surface area contributed by atoms with Crippen molar-refractivity contribution < 1.29 is 14.0 Å². The number of nitrogens with zero attached hydrogens (tertiary/aromatic N) is 2. The molecule has 0 spiro atoms. The van der Waals surface area contributed by atoms with Crippen LogP contribution >= 0.6 is 0 Å². The molecule has 1 atom stereocenters. The van der Waals surface area contributed by atoms with Gasteiger partial charge in [-0.1, -0.05) is 36.4 Å². The Morgan fingerprint density at radius 2 is 1.93 bits per heavy atom. The Labute approximate surface area is 155 Å². The molecule has 0 radical (unpaired) electrons. The van der Waals surface area contributed by atoms with Crippen LogP contribution in [0.5, 0.6) is 0 Å². The first-order valence-electron chi connectivity index (χ1n) is 8.60. The van der Waals surface area contributed by atoms with Gasteiger partial charge in [0, 0.05) is 5.39 Å². The van der Waals surface area contributed by atoms with Crippen molar-refractivity contribution in [3.8, 4) is 0 Å². The average molecular weight is 362 g/mol. The van der Waals surface area contributed by atoms with E-state index in [0.717, 1.165) is 11.0 Å². The summed E-state index contributed by atoms with van der Waals surface area (Å²) in [6, 6.07) is 18.3. The molecule has 0 saturated heterocycles. The number of anilines is 1. The number of furan rings is 1. The number of hydrogen-bond acceptors (Lipinski definition) is 5. The van der Waals surface area contributed by atoms with Crippen molar-refractivity contribution in [3.63, 3.8) is 0 Å². The molecule has 7 heteroatoms. The number of carbonyl (C=O) groups is 2. The Morgan fingerprint density at radius 1 is 1.19 bits per heavy atom. The molecule has 1 aliphatic rings. The maximum atomic E-state index is 12.6. The van der Waals surface area contributed by atoms with Crippen molar-refractivity contribution in [1.82, 2.24) is 10.7 Å². The van der Waals surface area contributed by atoms with E-state index in [-0.39, 0.29) is 24.3 Å². The molecule has 2 N–H and O–H groups in total. The minimum absolute atomic E-state index is 0.0846. The van der Waals surface area contributed by atoms with Crippen LogP contribution in [0.15, 0.2) is 70.1 Å². The molecule has 2 amide bonds. The van der Waals surface area contributed by atoms with Gasteiger partial charge in [0.1, 0.15) is 17.9 Å². The van der Waals surface area contributed by atoms with Crippen LogP contribution < -0.4 is 15.8 Å². The molecule has 4 rings (SSSR count). The van der Waals surface area contributed by atoms with Gasteiger partial charge < -0.3 is 9.73 Å². The van der Waals surface area contributed by atoms with Crippen LogP contribution in [-0.4, -0.2) is 24.2 Å². The zero-order chi connectivity index (χ0) is 18.8. The average Bonchev–Trinajstić information content (AvgIpc) is 3.13. The molecule has 0 saturated carbocycles. The maximum absolute atomic E-state index is 12.6. The van der Waals surface area contributed by atoms with Crippen molar-refractivity contribution >= 4 is 34.3 Å². The highest BCUT2D eigenvalue weighted by Gasteiger charge is 2.26. The molecule has 1 aliphatic heterocycles. The summed E-state index contributed by atoms with van der Waals surface area (Å²) in [7, 11) is 0. The number of aliphatic imine (C=N–C) groups is 1. The summed E-state index contributed by atoms with van der Waals surface area (Å²) in [5, 5.41) is 5.15. The highest BCUT2D eigenvalue weighted by molar-refractivity contribution is 6.39. The fourth-order valence-electron chi connectivity index (χ4n) is 2.88. The quantitative estimate of drug-likeness (QED) is 0.747. The third kappa shape index (κ3) is 3.39. The minimum atomic E-state index is -0.406. The third-order valence-corrected chi connectivity index (χ3v) is 4.29. The number of fused-ring (bicyclic) bond motifs is 1. The van der Waals surface area contributed by atoms with E-state index in [1.165, 1.54) is 5.01 Å². The molecule has 0 aliphatic carbocycles. The van der Waals surface area contributed by atoms with Gasteiger partial charge in [-0.3, -0.25) is 20.0 Å². The predicted molar refractivity (Wildman–Crippen MR) is 102 cm³/mol. The lowest BCUT2D eigenvalue weighted by atomic mass is 10.2. The Balaban J connectivity index is 1.48. The SMILES string of the molecule is CC(NC(=O)C1=NCC(=O)N(c2ccccc2)N1)c1cc2ccccc2o1. The Bertz CT molecular complexity index is 993. The third-order valence-electron chi connectivity index (χ3n) is 4.29. The molecular formula is C20H18N4O3. The van der Waals surface area contributed by atoms with Gasteiger partial charge >= 0.3 is 0 Å². The molecule has 0 fully saturated rings. The van der Waals surface area contributed by atoms with Crippen LogP contribution in [0.2, 0.25) is 0 Å². The van der Waals surface area contributed by atoms with Crippen molar-refractivity contribution in [2.24, 2.45) is 4.99 Å². The smallest absolute Gasteiger partial charge is 0.288 e. The molecule has 136 valence electrons. The standard InChI is InChI=1S/C20H18N4O3/c1-13(17-11-14-7-5-6-10-16(14)27-17)22-20(26)19-21-12-18(25)24(23-19)15-8-3-2-4-9-15/h2-11,13H,12H2,1H3,(H,21,23)(H,22,26). The van der Waals surface area contributed by atoms with Crippen molar-refractivity contribution in [1.29, 1.82) is 0 Å². The lowest BCUT2D eigenvalue weighted by Gasteiger charge is -2.28. The summed E-state index contributed by atoms with van der Waals surface area (Å²) >= 11 is 0. The number of nitrogens with one attached hydrogen (secondary N) is 2. The van der Waals surface area contributed by atoms with Crippen LogP contribution in [0.3, 0.4) is 0 Å². The summed E-state index contributed by atoms with van der Waals surface area (Å²) in [4.78, 5) is 28.8. The van der Waals surface area contributed by atoms with Crippen LogP contribution in [0.1, 0.15) is 18.7 Å². The van der Waals surface area contributed by atoms with E-state index in [0.29, 0.717) is 11.4 Å². The molecule has 1 unspecified atom stereocenters. The minimum Gasteiger partial charge on any atom is -0.459 e. The monoisotopic (exact) mass is 362 g/mol. The second-order valence-corrected chi connectivity index (χ2v) is 6.22. The van der Waals surface area contributed by atoms with Crippen LogP contribution in [0.25, 0.3) is 11.0 Å². The van der Waals surface area contributed by atoms with E-state index >= 15 is 0 Å². The fraction of sp³-hybridized carbons (Fsp3) is 0.150. The number of amidine groups is 1. The summed E-state index contributed by atoms with van der Waals surface area (Å²) in [5.41, 5.74) is 4.21. The number of hydrazine groups is 1. The van der Waals surface area contributed by atoms with E-state index in [2.05, 4.69) is 15.7 Å². The van der Waals surface area contributed by atoms with Gasteiger partial charge in [0.15, 0.2) is 0 Å². The van der Waals surface area contributed by atoms with Crippen molar-refractivity contribution in [3.05, 3.63) is 66.4 Å². The second-order valence-electron chi connectivity index (χ2n) is 6.22. The Kier molecular flexibility index (Phi) is 4.33. The van der Waals surface area contributed by atoms with E-state index in [1.807, 2.05) is 55.5 Å². The van der Waals surface area contributed by atoms with Crippen molar-refractivity contribution in [2.45, 2.75) is 13.0 Å². The first-order chi connectivity index (χ1) is 13.1. The molecule has 27 heavy (non-hydrogen) atoms. The van der Waals surface area contributed by atoms with Crippen LogP contribution in [-0.2, 0) is 9.59 Å². The van der Waals surface area contributed by atoms with E-state index in [9.17, 15) is 9.59 Å². The summed E-state index contributed by atoms with van der Waals surface area (Å²) < 4.78 is 5.79. The summed E-state index contributed by atoms with van der Waals surface area (Å²) in [6.07, 6.45) is 0. The van der Waals surface area contributed by atoms with Crippen molar-refractivity contribution in [2.75, 3.05) is 11.6 Å². The number of hydrogen-bond donors (Lipinski definition) is 2. The van der Waals surface area contributed by atoms with Gasteiger partial charge in [-0.05, 0) is 31.2 Å². The summed E-state index contributed by atoms with van der Waals surface area (Å²) in [6.45, 7) is 1.74. The molecule has 2 heterocycles. The molecular weight excluding hydrogens is 344 g/mol. The second kappa shape index (κ2) is 6.95. The van der Waals surface area contributed by atoms with Gasteiger partial charge in [0.25, 0.3) is 11.8 Å². The van der Waals surface area contributed by atoms with E-state index < -0.39 is 5.91 Å². The summed E-state index contributed by atoms with van der Waals surface area (Å²) in [5.74, 6) is 0.0952. The Hall–Kier alpha value is -3.61. The zero-order valence-electron chi connectivity index (χ0n) is 14.7. The predicted octanol–water partition coefficient (Wildman–Crippen LogP) is 2.56. The lowest BCUT2D eigenvalue weighted by molar-refractivity contribution is -0.118. The first-order valence-corrected chi connectivity index (χ1v) is 8.60. The molecule has 0 bridgehead atoms. The molecule has 3 aromatic rings. The van der Waals surface area contributed by atoms with Crippen LogP contribution in [0, 0.1) is 0 Å². The molecule has 7 nitrogen and oxygen atoms in total. The largest absolute Gasteiger partial charge is 0.459 e. The van der Waals surface area contributed by atoms with Gasteiger partial charge in [0.05, 0.1) is 11.7 Å². The van der Waals surface area contributed by atoms with Crippen LogP contribution in [0.4, 0.5) is 5.69 Å². The topological polar surface area (TPSA) is 86.9 Å². The molecule has 1 aromatic heterocycles. The highest BCUT2D eigenvalue weighted by Crippen LogP contribution is 2.23. The zero-order valence-corrected chi connectivity index (χ0v) is 14.7. The number of benzene rings is 2. The molecule has 2 aromatic carbocycles. The number of rotatable bonds is 4. The number of amides is 2. The van der Waals surface area contributed by atoms with Gasteiger partial charge in [-0.2, -0.15) is 0 Å². The fourth-order valence-corrected chi connectivity index (χ4v) is 2.88. The highest BCUT2D eigenvalue weighted by atomic mass is 16.3. The van der Waals surface area contributed by atoms with E-state index in [1.54, 1.807) is 12.1 Å². The number of para-hydroxylation sites is 2. The number of carbonyl (C=O) groups excluding carboxylic acids is 2. The van der Waals surface area contributed by atoms with Gasteiger partial charge in [-0.15, -0.1) is 0 Å². The first kappa shape index (κ1) is 16.8.